The molecule has 20 heavy (non-hydrogen) atoms. The maximum Gasteiger partial charge on any atom is 0.0397 e. The number of hydrogen-bond acceptors (Lipinski definition) is 4. The summed E-state index contributed by atoms with van der Waals surface area (Å²) in [6.07, 6.45) is 6.18. The van der Waals surface area contributed by atoms with E-state index in [1.54, 1.807) is 0 Å². The molecule has 0 bridgehead atoms. The molecule has 0 amide bonds. The van der Waals surface area contributed by atoms with Crippen LogP contribution in [0.25, 0.3) is 0 Å². The van der Waals surface area contributed by atoms with Crippen LogP contribution in [-0.2, 0) is 6.54 Å². The van der Waals surface area contributed by atoms with Crippen LogP contribution in [0.4, 0.5) is 5.69 Å². The van der Waals surface area contributed by atoms with Gasteiger partial charge >= 0.3 is 0 Å². The van der Waals surface area contributed by atoms with Crippen molar-refractivity contribution in [3.05, 3.63) is 46.4 Å². The molecular weight excluding hydrogens is 266 g/mol. The monoisotopic (exact) mass is 287 g/mol. The topological polar surface area (TPSA) is 28.2 Å². The predicted molar refractivity (Wildman–Crippen MR) is 85.4 cm³/mol. The van der Waals surface area contributed by atoms with Crippen molar-refractivity contribution in [1.29, 1.82) is 0 Å². The molecule has 1 N–H and O–H groups in total. The molecule has 2 aromatic rings. The first kappa shape index (κ1) is 13.6. The molecule has 0 aliphatic carbocycles. The van der Waals surface area contributed by atoms with Gasteiger partial charge < -0.3 is 10.2 Å². The number of pyridine rings is 1. The molecule has 3 rings (SSSR count). The molecule has 1 saturated heterocycles. The number of rotatable bonds is 4. The lowest BCUT2D eigenvalue weighted by Crippen LogP contribution is -2.42. The number of thiophene rings is 1. The highest BCUT2D eigenvalue weighted by molar-refractivity contribution is 7.10. The van der Waals surface area contributed by atoms with Gasteiger partial charge in [-0.3, -0.25) is 4.98 Å². The molecule has 4 heteroatoms. The molecule has 106 valence electrons. The number of nitrogens with one attached hydrogen (secondary N) is 1. The van der Waals surface area contributed by atoms with Crippen molar-refractivity contribution in [2.45, 2.75) is 32.4 Å². The fourth-order valence-corrected chi connectivity index (χ4v) is 3.58. The number of nitrogens with zero attached hydrogens (tertiary/aromatic N) is 2. The molecule has 0 aromatic carbocycles. The van der Waals surface area contributed by atoms with Gasteiger partial charge in [-0.15, -0.1) is 11.3 Å². The highest BCUT2D eigenvalue weighted by Gasteiger charge is 2.19. The molecule has 0 saturated carbocycles. The SMILES string of the molecule is Cc1ccsc1CNC1CCN(c2ccncc2)CC1. The molecule has 0 atom stereocenters. The third kappa shape index (κ3) is 3.19. The summed E-state index contributed by atoms with van der Waals surface area (Å²) in [4.78, 5) is 8.01. The Kier molecular flexibility index (Phi) is 4.33. The maximum absolute atomic E-state index is 4.08. The Balaban J connectivity index is 1.48. The summed E-state index contributed by atoms with van der Waals surface area (Å²) in [6, 6.07) is 7.05. The van der Waals surface area contributed by atoms with Crippen molar-refractivity contribution < 1.29 is 0 Å². The minimum Gasteiger partial charge on any atom is -0.371 e. The zero-order chi connectivity index (χ0) is 13.8. The Morgan fingerprint density at radius 1 is 1.25 bits per heavy atom. The second-order valence-corrected chi connectivity index (χ2v) is 6.38. The Morgan fingerprint density at radius 3 is 2.65 bits per heavy atom. The molecule has 0 spiro atoms. The zero-order valence-electron chi connectivity index (χ0n) is 11.9. The Bertz CT molecular complexity index is 530. The summed E-state index contributed by atoms with van der Waals surface area (Å²) in [5.74, 6) is 0. The fraction of sp³-hybridized carbons (Fsp3) is 0.438. The number of aryl methyl sites for hydroxylation is 1. The van der Waals surface area contributed by atoms with Gasteiger partial charge in [0.2, 0.25) is 0 Å². The van der Waals surface area contributed by atoms with Crippen molar-refractivity contribution in [2.75, 3.05) is 18.0 Å². The van der Waals surface area contributed by atoms with E-state index in [-0.39, 0.29) is 0 Å². The fourth-order valence-electron chi connectivity index (χ4n) is 2.72. The van der Waals surface area contributed by atoms with Gasteiger partial charge in [0.05, 0.1) is 0 Å². The van der Waals surface area contributed by atoms with Crippen LogP contribution >= 0.6 is 11.3 Å². The highest BCUT2D eigenvalue weighted by atomic mass is 32.1. The van der Waals surface area contributed by atoms with Gasteiger partial charge in [-0.1, -0.05) is 0 Å². The second kappa shape index (κ2) is 6.37. The Hall–Kier alpha value is -1.39. The van der Waals surface area contributed by atoms with Crippen LogP contribution in [0.5, 0.6) is 0 Å². The van der Waals surface area contributed by atoms with E-state index < -0.39 is 0 Å². The van der Waals surface area contributed by atoms with E-state index >= 15 is 0 Å². The van der Waals surface area contributed by atoms with E-state index in [9.17, 15) is 0 Å². The number of piperidine rings is 1. The molecule has 1 aliphatic heterocycles. The molecule has 2 aromatic heterocycles. The van der Waals surface area contributed by atoms with Crippen LogP contribution in [0, 0.1) is 6.92 Å². The lowest BCUT2D eigenvalue weighted by molar-refractivity contribution is 0.415. The van der Waals surface area contributed by atoms with E-state index in [4.69, 9.17) is 0 Å². The number of aromatic nitrogens is 1. The van der Waals surface area contributed by atoms with Gasteiger partial charge in [0, 0.05) is 48.6 Å². The average molecular weight is 287 g/mol. The highest BCUT2D eigenvalue weighted by Crippen LogP contribution is 2.20. The third-order valence-corrected chi connectivity index (χ3v) is 5.07. The van der Waals surface area contributed by atoms with Crippen molar-refractivity contribution in [3.8, 4) is 0 Å². The first-order valence-corrected chi connectivity index (χ1v) is 8.12. The largest absolute Gasteiger partial charge is 0.371 e. The summed E-state index contributed by atoms with van der Waals surface area (Å²) < 4.78 is 0. The van der Waals surface area contributed by atoms with Crippen LogP contribution in [0.2, 0.25) is 0 Å². The zero-order valence-corrected chi connectivity index (χ0v) is 12.7. The summed E-state index contributed by atoms with van der Waals surface area (Å²) in [5.41, 5.74) is 2.71. The Morgan fingerprint density at radius 2 is 2.00 bits per heavy atom. The van der Waals surface area contributed by atoms with Crippen LogP contribution < -0.4 is 10.2 Å². The minimum absolute atomic E-state index is 0.648. The lowest BCUT2D eigenvalue weighted by atomic mass is 10.0. The lowest BCUT2D eigenvalue weighted by Gasteiger charge is -2.34. The minimum atomic E-state index is 0.648. The molecule has 3 heterocycles. The smallest absolute Gasteiger partial charge is 0.0397 e. The van der Waals surface area contributed by atoms with Gasteiger partial charge in [0.25, 0.3) is 0 Å². The van der Waals surface area contributed by atoms with Gasteiger partial charge in [0.1, 0.15) is 0 Å². The summed E-state index contributed by atoms with van der Waals surface area (Å²) in [6.45, 7) is 5.47. The van der Waals surface area contributed by atoms with Crippen LogP contribution in [0.15, 0.2) is 36.0 Å². The van der Waals surface area contributed by atoms with E-state index in [0.717, 1.165) is 19.6 Å². The molecule has 3 nitrogen and oxygen atoms in total. The van der Waals surface area contributed by atoms with Gasteiger partial charge in [0.15, 0.2) is 0 Å². The molecule has 1 fully saturated rings. The third-order valence-electron chi connectivity index (χ3n) is 4.04. The normalized spacial score (nSPS) is 16.6. The predicted octanol–water partition coefficient (Wildman–Crippen LogP) is 3.21. The standard InChI is InChI=1S/C16H21N3S/c1-13-6-11-20-16(13)12-18-14-4-9-19(10-5-14)15-2-7-17-8-3-15/h2-3,6-8,11,14,18H,4-5,9-10,12H2,1H3. The van der Waals surface area contributed by atoms with Crippen LogP contribution in [-0.4, -0.2) is 24.1 Å². The van der Waals surface area contributed by atoms with Crippen LogP contribution in [0.1, 0.15) is 23.3 Å². The second-order valence-electron chi connectivity index (χ2n) is 5.37. The van der Waals surface area contributed by atoms with E-state index in [2.05, 4.69) is 45.7 Å². The Labute approximate surface area is 124 Å². The maximum atomic E-state index is 4.08. The number of hydrogen-bond donors (Lipinski definition) is 1. The molecule has 0 unspecified atom stereocenters. The van der Waals surface area contributed by atoms with Crippen molar-refractivity contribution >= 4 is 17.0 Å². The van der Waals surface area contributed by atoms with E-state index in [1.807, 2.05) is 23.7 Å². The summed E-state index contributed by atoms with van der Waals surface area (Å²) in [7, 11) is 0. The molecule has 0 radical (unpaired) electrons. The van der Waals surface area contributed by atoms with Gasteiger partial charge in [-0.2, -0.15) is 0 Å². The van der Waals surface area contributed by atoms with Crippen molar-refractivity contribution in [1.82, 2.24) is 10.3 Å². The van der Waals surface area contributed by atoms with E-state index in [0.29, 0.717) is 6.04 Å². The van der Waals surface area contributed by atoms with Crippen LogP contribution in [0.3, 0.4) is 0 Å². The average Bonchev–Trinajstić information content (AvgIpc) is 2.92. The van der Waals surface area contributed by atoms with Gasteiger partial charge in [-0.05, 0) is 48.9 Å². The molecular formula is C16H21N3S. The summed E-state index contributed by atoms with van der Waals surface area (Å²) >= 11 is 1.86. The first-order chi connectivity index (χ1) is 9.83. The first-order valence-electron chi connectivity index (χ1n) is 7.24. The van der Waals surface area contributed by atoms with Gasteiger partial charge in [-0.25, -0.2) is 0 Å². The summed E-state index contributed by atoms with van der Waals surface area (Å²) in [5, 5.41) is 5.89. The van der Waals surface area contributed by atoms with Crippen molar-refractivity contribution in [2.24, 2.45) is 0 Å². The number of anilines is 1. The quantitative estimate of drug-likeness (QED) is 0.936. The van der Waals surface area contributed by atoms with E-state index in [1.165, 1.54) is 29.0 Å². The van der Waals surface area contributed by atoms with Crippen molar-refractivity contribution in [3.63, 3.8) is 0 Å². The molecule has 1 aliphatic rings.